The summed E-state index contributed by atoms with van der Waals surface area (Å²) < 4.78 is 5.41. The summed E-state index contributed by atoms with van der Waals surface area (Å²) in [6.45, 7) is 7.92. The van der Waals surface area contributed by atoms with E-state index in [9.17, 15) is 15.3 Å². The van der Waals surface area contributed by atoms with Gasteiger partial charge in [0.2, 0.25) is 0 Å². The second kappa shape index (κ2) is 7.83. The maximum absolute atomic E-state index is 10.7. The molecule has 2 aromatic carbocycles. The maximum Gasteiger partial charge on any atom is 0.123 e. The van der Waals surface area contributed by atoms with Gasteiger partial charge in [-0.05, 0) is 87.1 Å². The van der Waals surface area contributed by atoms with Crippen molar-refractivity contribution in [2.45, 2.75) is 46.1 Å². The van der Waals surface area contributed by atoms with Crippen molar-refractivity contribution in [2.75, 3.05) is 7.11 Å². The quantitative estimate of drug-likeness (QED) is 0.670. The lowest BCUT2D eigenvalue weighted by Gasteiger charge is -2.22. The number of phenols is 2. The molecule has 0 heterocycles. The van der Waals surface area contributed by atoms with Crippen molar-refractivity contribution >= 4 is 6.08 Å². The van der Waals surface area contributed by atoms with E-state index in [0.29, 0.717) is 12.0 Å². The molecule has 0 aromatic heterocycles. The SMILES string of the molecule is COc1cc(C)c(CC[C@](C)(O)C=Cc2cc(O)ccc2O)c(C)c1C. The number of phenolic OH excluding ortho intramolecular Hbond substituents is 2. The first-order valence-corrected chi connectivity index (χ1v) is 8.72. The van der Waals surface area contributed by atoms with Gasteiger partial charge in [-0.1, -0.05) is 12.2 Å². The molecule has 4 nitrogen and oxygen atoms in total. The fourth-order valence-electron chi connectivity index (χ4n) is 3.10. The first-order chi connectivity index (χ1) is 12.1. The van der Waals surface area contributed by atoms with Gasteiger partial charge in [-0.25, -0.2) is 0 Å². The minimum Gasteiger partial charge on any atom is -0.508 e. The zero-order valence-corrected chi connectivity index (χ0v) is 16.1. The normalized spacial score (nSPS) is 13.8. The second-order valence-electron chi connectivity index (χ2n) is 7.06. The van der Waals surface area contributed by atoms with Crippen LogP contribution in [0, 0.1) is 20.8 Å². The number of hydrogen-bond donors (Lipinski definition) is 3. The molecule has 4 heteroatoms. The lowest BCUT2D eigenvalue weighted by Crippen LogP contribution is -2.22. The van der Waals surface area contributed by atoms with Crippen LogP contribution in [0.4, 0.5) is 0 Å². The molecule has 3 N–H and O–H groups in total. The summed E-state index contributed by atoms with van der Waals surface area (Å²) >= 11 is 0. The Hall–Kier alpha value is -2.46. The number of methoxy groups -OCH3 is 1. The summed E-state index contributed by atoms with van der Waals surface area (Å²) in [5.41, 5.74) is 4.11. The van der Waals surface area contributed by atoms with Gasteiger partial charge in [0.15, 0.2) is 0 Å². The molecule has 0 saturated heterocycles. The van der Waals surface area contributed by atoms with Crippen molar-refractivity contribution in [1.29, 1.82) is 0 Å². The smallest absolute Gasteiger partial charge is 0.123 e. The van der Waals surface area contributed by atoms with Crippen molar-refractivity contribution in [2.24, 2.45) is 0 Å². The zero-order valence-electron chi connectivity index (χ0n) is 16.1. The predicted molar refractivity (Wildman–Crippen MR) is 105 cm³/mol. The Morgan fingerprint density at radius 3 is 2.42 bits per heavy atom. The van der Waals surface area contributed by atoms with Gasteiger partial charge in [0.25, 0.3) is 0 Å². The minimum atomic E-state index is -1.04. The number of hydrogen-bond acceptors (Lipinski definition) is 4. The minimum absolute atomic E-state index is 0.0623. The molecule has 0 amide bonds. The standard InChI is InChI=1S/C22H28O4/c1-14-12-21(26-5)16(3)15(2)19(14)9-11-22(4,25)10-8-17-13-18(23)6-7-20(17)24/h6-8,10,12-13,23-25H,9,11H2,1-5H3/t22-/m1/s1. The molecule has 2 rings (SSSR count). The third-order valence-electron chi connectivity index (χ3n) is 4.94. The summed E-state index contributed by atoms with van der Waals surface area (Å²) in [5.74, 6) is 1.02. The molecule has 26 heavy (non-hydrogen) atoms. The van der Waals surface area contributed by atoms with Crippen LogP contribution in [0.5, 0.6) is 17.2 Å². The molecule has 0 spiro atoms. The highest BCUT2D eigenvalue weighted by Gasteiger charge is 2.19. The molecule has 0 saturated carbocycles. The van der Waals surface area contributed by atoms with E-state index in [2.05, 4.69) is 13.8 Å². The van der Waals surface area contributed by atoms with E-state index in [1.54, 1.807) is 26.2 Å². The van der Waals surface area contributed by atoms with Gasteiger partial charge in [-0.2, -0.15) is 0 Å². The Kier molecular flexibility index (Phi) is 5.98. The van der Waals surface area contributed by atoms with Crippen molar-refractivity contribution in [3.8, 4) is 17.2 Å². The van der Waals surface area contributed by atoms with Gasteiger partial charge in [-0.15, -0.1) is 0 Å². The lowest BCUT2D eigenvalue weighted by atomic mass is 9.89. The fourth-order valence-corrected chi connectivity index (χ4v) is 3.10. The highest BCUT2D eigenvalue weighted by atomic mass is 16.5. The molecule has 0 fully saturated rings. The Labute approximate surface area is 155 Å². The first-order valence-electron chi connectivity index (χ1n) is 8.72. The summed E-state index contributed by atoms with van der Waals surface area (Å²) in [6, 6.07) is 6.34. The van der Waals surface area contributed by atoms with Crippen LogP contribution in [0.2, 0.25) is 0 Å². The number of ether oxygens (including phenoxy) is 1. The number of aromatic hydroxyl groups is 2. The Morgan fingerprint density at radius 2 is 1.77 bits per heavy atom. The number of aryl methyl sites for hydroxylation is 1. The van der Waals surface area contributed by atoms with Crippen LogP contribution in [-0.2, 0) is 6.42 Å². The van der Waals surface area contributed by atoms with Crippen molar-refractivity contribution in [3.05, 3.63) is 58.2 Å². The van der Waals surface area contributed by atoms with Crippen LogP contribution in [0.15, 0.2) is 30.3 Å². The summed E-state index contributed by atoms with van der Waals surface area (Å²) in [4.78, 5) is 0. The van der Waals surface area contributed by atoms with Gasteiger partial charge in [-0.3, -0.25) is 0 Å². The molecule has 0 aliphatic carbocycles. The Morgan fingerprint density at radius 1 is 1.08 bits per heavy atom. The van der Waals surface area contributed by atoms with Crippen molar-refractivity contribution < 1.29 is 20.1 Å². The summed E-state index contributed by atoms with van der Waals surface area (Å²) in [7, 11) is 1.67. The van der Waals surface area contributed by atoms with E-state index in [4.69, 9.17) is 4.74 Å². The molecule has 0 unspecified atom stereocenters. The Balaban J connectivity index is 2.17. The van der Waals surface area contributed by atoms with Gasteiger partial charge >= 0.3 is 0 Å². The van der Waals surface area contributed by atoms with E-state index < -0.39 is 5.60 Å². The topological polar surface area (TPSA) is 69.9 Å². The van der Waals surface area contributed by atoms with E-state index in [1.807, 2.05) is 13.0 Å². The van der Waals surface area contributed by atoms with Crippen LogP contribution in [0.1, 0.15) is 41.2 Å². The number of aliphatic hydroxyl groups is 1. The molecule has 0 aliphatic heterocycles. The van der Waals surface area contributed by atoms with E-state index in [-0.39, 0.29) is 11.5 Å². The molecule has 0 aliphatic rings. The largest absolute Gasteiger partial charge is 0.508 e. The van der Waals surface area contributed by atoms with Gasteiger partial charge < -0.3 is 20.1 Å². The predicted octanol–water partition coefficient (Wildman–Crippen LogP) is 4.43. The zero-order chi connectivity index (χ0) is 19.5. The third-order valence-corrected chi connectivity index (χ3v) is 4.94. The monoisotopic (exact) mass is 356 g/mol. The maximum atomic E-state index is 10.7. The van der Waals surface area contributed by atoms with E-state index in [0.717, 1.165) is 23.3 Å². The first kappa shape index (κ1) is 19.9. The van der Waals surface area contributed by atoms with E-state index in [1.165, 1.54) is 29.3 Å². The molecule has 0 radical (unpaired) electrons. The highest BCUT2D eigenvalue weighted by Crippen LogP contribution is 2.30. The van der Waals surface area contributed by atoms with Gasteiger partial charge in [0, 0.05) is 5.56 Å². The third kappa shape index (κ3) is 4.58. The number of rotatable bonds is 6. The van der Waals surface area contributed by atoms with Crippen molar-refractivity contribution in [3.63, 3.8) is 0 Å². The van der Waals surface area contributed by atoms with Gasteiger partial charge in [0.1, 0.15) is 17.2 Å². The average molecular weight is 356 g/mol. The van der Waals surface area contributed by atoms with Crippen LogP contribution < -0.4 is 4.74 Å². The molecule has 140 valence electrons. The molecular weight excluding hydrogens is 328 g/mol. The van der Waals surface area contributed by atoms with Crippen LogP contribution in [0.25, 0.3) is 6.08 Å². The fraction of sp³-hybridized carbons (Fsp3) is 0.364. The molecule has 1 atom stereocenters. The van der Waals surface area contributed by atoms with Crippen molar-refractivity contribution in [1.82, 2.24) is 0 Å². The molecule has 0 bridgehead atoms. The van der Waals surface area contributed by atoms with Crippen LogP contribution in [0.3, 0.4) is 0 Å². The second-order valence-corrected chi connectivity index (χ2v) is 7.06. The summed E-state index contributed by atoms with van der Waals surface area (Å²) in [6.07, 6.45) is 4.55. The lowest BCUT2D eigenvalue weighted by molar-refractivity contribution is 0.103. The van der Waals surface area contributed by atoms with Crippen LogP contribution in [-0.4, -0.2) is 28.0 Å². The van der Waals surface area contributed by atoms with Gasteiger partial charge in [0.05, 0.1) is 12.7 Å². The van der Waals surface area contributed by atoms with Crippen LogP contribution >= 0.6 is 0 Å². The van der Waals surface area contributed by atoms with E-state index >= 15 is 0 Å². The number of benzene rings is 2. The summed E-state index contributed by atoms with van der Waals surface area (Å²) in [5, 5.41) is 30.1. The Bertz CT molecular complexity index is 819. The highest BCUT2D eigenvalue weighted by molar-refractivity contribution is 5.59. The average Bonchev–Trinajstić information content (AvgIpc) is 2.58. The molecule has 2 aromatic rings. The molecular formula is C22H28O4.